The summed E-state index contributed by atoms with van der Waals surface area (Å²) in [5.41, 5.74) is 0.119. The van der Waals surface area contributed by atoms with Gasteiger partial charge in [0, 0.05) is 6.54 Å². The molecule has 3 rings (SSSR count). The van der Waals surface area contributed by atoms with E-state index >= 15 is 0 Å². The Morgan fingerprint density at radius 3 is 2.54 bits per heavy atom. The Bertz CT molecular complexity index is 1100. The second-order valence-electron chi connectivity index (χ2n) is 7.05. The number of rotatable bonds is 7. The van der Waals surface area contributed by atoms with E-state index in [1.807, 2.05) is 0 Å². The van der Waals surface area contributed by atoms with Crippen LogP contribution in [0, 0.1) is 11.7 Å². The Balaban J connectivity index is 1.95. The first-order valence-corrected chi connectivity index (χ1v) is 9.96. The normalized spacial score (nSPS) is 11.3. The third-order valence-corrected chi connectivity index (χ3v) is 5.33. The molecule has 0 aliphatic rings. The summed E-state index contributed by atoms with van der Waals surface area (Å²) in [5, 5.41) is 4.54. The SMILES string of the molecule is CC(C)CCNC(=O)Cn1c(=O)n(Cc2ccc(F)cc2)c(=O)c2sccc21. The number of carbonyl (C=O) groups is 1. The van der Waals surface area contributed by atoms with Crippen molar-refractivity contribution in [1.82, 2.24) is 14.5 Å². The predicted molar refractivity (Wildman–Crippen MR) is 108 cm³/mol. The number of amides is 1. The van der Waals surface area contributed by atoms with E-state index in [1.165, 1.54) is 40.2 Å². The summed E-state index contributed by atoms with van der Waals surface area (Å²) < 4.78 is 16.0. The minimum atomic E-state index is -0.556. The number of fused-ring (bicyclic) bond motifs is 1. The summed E-state index contributed by atoms with van der Waals surface area (Å²) in [5.74, 6) is -0.202. The second kappa shape index (κ2) is 8.52. The lowest BCUT2D eigenvalue weighted by molar-refractivity contribution is -0.121. The molecule has 6 nitrogen and oxygen atoms in total. The summed E-state index contributed by atoms with van der Waals surface area (Å²) >= 11 is 1.23. The standard InChI is InChI=1S/C20H22FN3O3S/c1-13(2)7-9-22-17(25)12-23-16-8-10-28-18(16)19(26)24(20(23)27)11-14-3-5-15(21)6-4-14/h3-6,8,10,13H,7,9,11-12H2,1-2H3,(H,22,25). The van der Waals surface area contributed by atoms with Crippen molar-refractivity contribution >= 4 is 27.5 Å². The lowest BCUT2D eigenvalue weighted by Crippen LogP contribution is -2.42. The number of hydrogen-bond acceptors (Lipinski definition) is 4. The van der Waals surface area contributed by atoms with Gasteiger partial charge in [0.25, 0.3) is 5.56 Å². The molecule has 0 unspecified atom stereocenters. The molecule has 0 saturated heterocycles. The molecule has 0 aliphatic heterocycles. The second-order valence-corrected chi connectivity index (χ2v) is 7.97. The van der Waals surface area contributed by atoms with Crippen LogP contribution in [0.15, 0.2) is 45.3 Å². The van der Waals surface area contributed by atoms with Crippen molar-refractivity contribution in [2.75, 3.05) is 6.54 Å². The zero-order valence-corrected chi connectivity index (χ0v) is 16.6. The van der Waals surface area contributed by atoms with Gasteiger partial charge >= 0.3 is 5.69 Å². The van der Waals surface area contributed by atoms with Crippen molar-refractivity contribution in [2.45, 2.75) is 33.4 Å². The number of carbonyl (C=O) groups excluding carboxylic acids is 1. The van der Waals surface area contributed by atoms with Crippen LogP contribution in [-0.4, -0.2) is 21.6 Å². The zero-order valence-electron chi connectivity index (χ0n) is 15.8. The van der Waals surface area contributed by atoms with Crippen molar-refractivity contribution < 1.29 is 9.18 Å². The zero-order chi connectivity index (χ0) is 20.3. The summed E-state index contributed by atoms with van der Waals surface area (Å²) in [6.45, 7) is 4.52. The number of nitrogens with zero attached hydrogens (tertiary/aromatic N) is 2. The van der Waals surface area contributed by atoms with Crippen molar-refractivity contribution in [3.8, 4) is 0 Å². The van der Waals surface area contributed by atoms with E-state index in [1.54, 1.807) is 11.4 Å². The molecule has 1 N–H and O–H groups in total. The van der Waals surface area contributed by atoms with E-state index in [0.717, 1.165) is 11.0 Å². The largest absolute Gasteiger partial charge is 0.355 e. The minimum Gasteiger partial charge on any atom is -0.355 e. The van der Waals surface area contributed by atoms with Gasteiger partial charge in [-0.2, -0.15) is 0 Å². The van der Waals surface area contributed by atoms with Gasteiger partial charge in [-0.1, -0.05) is 26.0 Å². The molecular formula is C20H22FN3O3S. The van der Waals surface area contributed by atoms with Gasteiger partial charge in [-0.05, 0) is 41.5 Å². The van der Waals surface area contributed by atoms with E-state index in [0.29, 0.717) is 28.2 Å². The van der Waals surface area contributed by atoms with Gasteiger partial charge in [0.15, 0.2) is 0 Å². The van der Waals surface area contributed by atoms with Crippen LogP contribution in [-0.2, 0) is 17.9 Å². The number of aromatic nitrogens is 2. The third-order valence-electron chi connectivity index (χ3n) is 4.44. The molecule has 0 fully saturated rings. The number of hydrogen-bond donors (Lipinski definition) is 1. The van der Waals surface area contributed by atoms with Crippen LogP contribution < -0.4 is 16.6 Å². The first kappa shape index (κ1) is 20.0. The maximum atomic E-state index is 13.1. The van der Waals surface area contributed by atoms with Crippen LogP contribution >= 0.6 is 11.3 Å². The highest BCUT2D eigenvalue weighted by Crippen LogP contribution is 2.15. The molecule has 0 saturated carbocycles. The van der Waals surface area contributed by atoms with Gasteiger partial charge in [-0.15, -0.1) is 11.3 Å². The maximum absolute atomic E-state index is 13.1. The first-order valence-electron chi connectivity index (χ1n) is 9.09. The summed E-state index contributed by atoms with van der Waals surface area (Å²) in [7, 11) is 0. The van der Waals surface area contributed by atoms with Crippen molar-refractivity contribution in [3.63, 3.8) is 0 Å². The van der Waals surface area contributed by atoms with E-state index in [9.17, 15) is 18.8 Å². The third kappa shape index (κ3) is 4.39. The van der Waals surface area contributed by atoms with Crippen molar-refractivity contribution in [1.29, 1.82) is 0 Å². The maximum Gasteiger partial charge on any atom is 0.332 e. The van der Waals surface area contributed by atoms with E-state index in [4.69, 9.17) is 0 Å². The number of benzene rings is 1. The molecule has 0 atom stereocenters. The fourth-order valence-electron chi connectivity index (χ4n) is 2.90. The van der Waals surface area contributed by atoms with Gasteiger partial charge in [0.05, 0.1) is 12.1 Å². The highest BCUT2D eigenvalue weighted by molar-refractivity contribution is 7.17. The van der Waals surface area contributed by atoms with E-state index < -0.39 is 11.2 Å². The molecule has 2 aromatic heterocycles. The van der Waals surface area contributed by atoms with E-state index in [-0.39, 0.29) is 24.8 Å². The molecule has 148 valence electrons. The molecule has 0 spiro atoms. The summed E-state index contributed by atoms with van der Waals surface area (Å²) in [6, 6.07) is 7.30. The summed E-state index contributed by atoms with van der Waals surface area (Å²) in [4.78, 5) is 38.0. The molecule has 0 radical (unpaired) electrons. The quantitative estimate of drug-likeness (QED) is 0.659. The van der Waals surface area contributed by atoms with Crippen LogP contribution in [0.2, 0.25) is 0 Å². The molecule has 0 aliphatic carbocycles. The highest BCUT2D eigenvalue weighted by atomic mass is 32.1. The summed E-state index contributed by atoms with van der Waals surface area (Å²) in [6.07, 6.45) is 0.846. The molecule has 1 amide bonds. The van der Waals surface area contributed by atoms with Crippen molar-refractivity contribution in [2.24, 2.45) is 5.92 Å². The lowest BCUT2D eigenvalue weighted by Gasteiger charge is -2.13. The van der Waals surface area contributed by atoms with Gasteiger partial charge in [-0.3, -0.25) is 18.7 Å². The molecule has 8 heteroatoms. The van der Waals surface area contributed by atoms with Gasteiger partial charge < -0.3 is 5.32 Å². The molecule has 1 aromatic carbocycles. The molecule has 2 heterocycles. The van der Waals surface area contributed by atoms with Gasteiger partial charge in [0.1, 0.15) is 17.1 Å². The fraction of sp³-hybridized carbons (Fsp3) is 0.350. The van der Waals surface area contributed by atoms with E-state index in [2.05, 4.69) is 19.2 Å². The smallest absolute Gasteiger partial charge is 0.332 e. The topological polar surface area (TPSA) is 73.1 Å². The van der Waals surface area contributed by atoms with Crippen molar-refractivity contribution in [3.05, 3.63) is 67.9 Å². The van der Waals surface area contributed by atoms with Crippen LogP contribution in [0.3, 0.4) is 0 Å². The Morgan fingerprint density at radius 1 is 1.14 bits per heavy atom. The van der Waals surface area contributed by atoms with Gasteiger partial charge in [0.2, 0.25) is 5.91 Å². The van der Waals surface area contributed by atoms with Gasteiger partial charge in [-0.25, -0.2) is 9.18 Å². The number of halogens is 1. The minimum absolute atomic E-state index is 0.0146. The molecule has 3 aromatic rings. The lowest BCUT2D eigenvalue weighted by atomic mass is 10.1. The molecule has 28 heavy (non-hydrogen) atoms. The predicted octanol–water partition coefficient (Wildman–Crippen LogP) is 2.57. The van der Waals surface area contributed by atoms with Crippen LogP contribution in [0.25, 0.3) is 10.2 Å². The molecule has 0 bridgehead atoms. The number of thiophene rings is 1. The molecular weight excluding hydrogens is 381 g/mol. The van der Waals surface area contributed by atoms with Crippen LogP contribution in [0.4, 0.5) is 4.39 Å². The monoisotopic (exact) mass is 403 g/mol. The highest BCUT2D eigenvalue weighted by Gasteiger charge is 2.16. The Hall–Kier alpha value is -2.74. The first-order chi connectivity index (χ1) is 13.4. The average Bonchev–Trinajstić information content (AvgIpc) is 3.13. The Morgan fingerprint density at radius 2 is 1.86 bits per heavy atom. The average molecular weight is 403 g/mol. The Labute approximate surface area is 165 Å². The van der Waals surface area contributed by atoms with Crippen LogP contribution in [0.5, 0.6) is 0 Å². The Kier molecular flexibility index (Phi) is 6.08. The van der Waals surface area contributed by atoms with Crippen LogP contribution in [0.1, 0.15) is 25.8 Å². The fourth-order valence-corrected chi connectivity index (χ4v) is 3.74. The number of nitrogens with one attached hydrogen (secondary N) is 1.